The number of carbonyl (C=O) groups excluding carboxylic acids is 2. The Morgan fingerprint density at radius 2 is 1.34 bits per heavy atom. The van der Waals surface area contributed by atoms with Gasteiger partial charge in [0, 0.05) is 55.8 Å². The molecule has 0 saturated carbocycles. The summed E-state index contributed by atoms with van der Waals surface area (Å²) in [7, 11) is 4.73. The second kappa shape index (κ2) is 14.0. The first kappa shape index (κ1) is 33.8. The van der Waals surface area contributed by atoms with Gasteiger partial charge in [-0.15, -0.1) is 0 Å². The molecule has 2 atom stereocenters. The summed E-state index contributed by atoms with van der Waals surface area (Å²) >= 11 is 0. The zero-order valence-corrected chi connectivity index (χ0v) is 29.7. The van der Waals surface area contributed by atoms with Crippen LogP contribution in [0.5, 0.6) is 28.7 Å². The van der Waals surface area contributed by atoms with Gasteiger partial charge in [-0.3, -0.25) is 19.6 Å². The van der Waals surface area contributed by atoms with E-state index in [0.29, 0.717) is 90.2 Å². The van der Waals surface area contributed by atoms with Gasteiger partial charge in [-0.25, -0.2) is 0 Å². The minimum absolute atomic E-state index is 0.116. The molecule has 4 aliphatic rings. The van der Waals surface area contributed by atoms with E-state index in [1.165, 1.54) is 5.56 Å². The Morgan fingerprint density at radius 1 is 0.698 bits per heavy atom. The summed E-state index contributed by atoms with van der Waals surface area (Å²) in [6, 6.07) is 20.1. The van der Waals surface area contributed by atoms with E-state index in [4.69, 9.17) is 39.4 Å². The van der Waals surface area contributed by atoms with Gasteiger partial charge in [0.25, 0.3) is 11.8 Å². The molecule has 0 aromatic heterocycles. The van der Waals surface area contributed by atoms with Crippen LogP contribution in [0.2, 0.25) is 0 Å². The molecule has 2 N–H and O–H groups in total. The zero-order chi connectivity index (χ0) is 36.6. The Balaban J connectivity index is 0.920. The molecule has 4 aliphatic heterocycles. The van der Waals surface area contributed by atoms with Crippen LogP contribution in [0.15, 0.2) is 82.9 Å². The van der Waals surface area contributed by atoms with E-state index in [1.54, 1.807) is 50.5 Å². The first-order valence-electron chi connectivity index (χ1n) is 17.5. The Hall–Kier alpha value is -6.30. The minimum Gasteiger partial charge on any atom is -0.497 e. The van der Waals surface area contributed by atoms with Gasteiger partial charge in [0.05, 0.1) is 69.1 Å². The summed E-state index contributed by atoms with van der Waals surface area (Å²) < 4.78 is 28.9. The number of hydrogen-bond acceptors (Lipinski definition) is 10. The lowest BCUT2D eigenvalue weighted by Crippen LogP contribution is -2.44. The second-order valence-corrected chi connectivity index (χ2v) is 13.2. The third-order valence-corrected chi connectivity index (χ3v) is 10.0. The summed E-state index contributed by atoms with van der Waals surface area (Å²) in [4.78, 5) is 40.5. The number of ether oxygens (including phenoxy) is 5. The molecule has 0 saturated heterocycles. The van der Waals surface area contributed by atoms with Crippen molar-refractivity contribution in [3.63, 3.8) is 0 Å². The molecule has 4 heterocycles. The molecule has 8 rings (SSSR count). The van der Waals surface area contributed by atoms with Gasteiger partial charge in [0.2, 0.25) is 0 Å². The zero-order valence-electron chi connectivity index (χ0n) is 29.7. The average molecular weight is 714 g/mol. The highest BCUT2D eigenvalue weighted by atomic mass is 16.5. The van der Waals surface area contributed by atoms with Crippen molar-refractivity contribution in [3.8, 4) is 28.7 Å². The van der Waals surface area contributed by atoms with Crippen LogP contribution in [-0.4, -0.2) is 80.7 Å². The van der Waals surface area contributed by atoms with Crippen LogP contribution >= 0.6 is 0 Å². The van der Waals surface area contributed by atoms with Gasteiger partial charge in [-0.05, 0) is 65.1 Å². The molecule has 0 fully saturated rings. The maximum atomic E-state index is 13.8. The first-order valence-corrected chi connectivity index (χ1v) is 17.5. The van der Waals surface area contributed by atoms with Crippen LogP contribution in [0.25, 0.3) is 5.57 Å². The monoisotopic (exact) mass is 713 g/mol. The molecular formula is C41H39N5O7. The quantitative estimate of drug-likeness (QED) is 0.147. The molecule has 0 bridgehead atoms. The molecule has 12 nitrogen and oxygen atoms in total. The number of nitrogens with zero attached hydrogens (tertiary/aromatic N) is 4. The standard InChI is InChI=1S/C41H39N5O7/c1-49-31-10-7-25-13-29-20-43-34-18-38(37(51-3)17-33(34)41(48)46(29)23-27(25)15-31)52-11-4-12-53-39-19-35-32(16-36(39)50-2)40(47)45-22-26(14-30(45)21-44-35)24-5-8-28(42)9-6-24/h5-10,15-22,29-30H,4,11-14,23,42H2,1-3H3/t29?,30-/m0/s1. The van der Waals surface area contributed by atoms with E-state index in [0.717, 1.165) is 22.4 Å². The summed E-state index contributed by atoms with van der Waals surface area (Å²) in [6.07, 6.45) is 7.38. The molecule has 4 aromatic carbocycles. The topological polar surface area (TPSA) is 138 Å². The average Bonchev–Trinajstić information content (AvgIpc) is 3.51. The normalized spacial score (nSPS) is 18.1. The van der Waals surface area contributed by atoms with E-state index in [2.05, 4.69) is 6.07 Å². The summed E-state index contributed by atoms with van der Waals surface area (Å²) in [6.45, 7) is 1.07. The first-order chi connectivity index (χ1) is 25.8. The van der Waals surface area contributed by atoms with Crippen LogP contribution in [0.1, 0.15) is 50.2 Å². The molecule has 270 valence electrons. The van der Waals surface area contributed by atoms with Gasteiger partial charge in [-0.2, -0.15) is 0 Å². The van der Waals surface area contributed by atoms with Crippen molar-refractivity contribution in [1.82, 2.24) is 9.80 Å². The molecule has 0 aliphatic carbocycles. The summed E-state index contributed by atoms with van der Waals surface area (Å²) in [5.74, 6) is 2.32. The number of hydrogen-bond donors (Lipinski definition) is 1. The number of carbonyl (C=O) groups is 2. The highest BCUT2D eigenvalue weighted by molar-refractivity contribution is 6.06. The van der Waals surface area contributed by atoms with Crippen molar-refractivity contribution in [2.45, 2.75) is 37.9 Å². The molecule has 53 heavy (non-hydrogen) atoms. The van der Waals surface area contributed by atoms with Gasteiger partial charge in [0.1, 0.15) is 5.75 Å². The molecule has 0 radical (unpaired) electrons. The lowest BCUT2D eigenvalue weighted by atomic mass is 9.94. The van der Waals surface area contributed by atoms with Crippen molar-refractivity contribution in [2.24, 2.45) is 9.98 Å². The molecular weight excluding hydrogens is 674 g/mol. The van der Waals surface area contributed by atoms with Gasteiger partial charge >= 0.3 is 0 Å². The van der Waals surface area contributed by atoms with E-state index in [-0.39, 0.29) is 23.9 Å². The van der Waals surface area contributed by atoms with Crippen LogP contribution in [0.3, 0.4) is 0 Å². The predicted molar refractivity (Wildman–Crippen MR) is 202 cm³/mol. The van der Waals surface area contributed by atoms with E-state index < -0.39 is 0 Å². The SMILES string of the molecule is COc1ccc2c(c1)CN1C(=O)c3cc(OC)c(OCCCOc4cc5c(cc4OC)C(=O)N4C=C(c6ccc(N)cc6)C[C@H]4C=N5)cc3N=CC1C2. The molecule has 0 spiro atoms. The number of methoxy groups -OCH3 is 3. The predicted octanol–water partition coefficient (Wildman–Crippen LogP) is 6.40. The highest BCUT2D eigenvalue weighted by Crippen LogP contribution is 2.41. The van der Waals surface area contributed by atoms with Crippen molar-refractivity contribution in [2.75, 3.05) is 40.3 Å². The maximum Gasteiger partial charge on any atom is 0.260 e. The Kier molecular flexibility index (Phi) is 8.95. The number of aliphatic imine (C=N–C) groups is 2. The fourth-order valence-corrected chi connectivity index (χ4v) is 7.18. The molecule has 4 aromatic rings. The molecule has 2 amide bonds. The van der Waals surface area contributed by atoms with E-state index in [1.807, 2.05) is 59.9 Å². The minimum atomic E-state index is -0.202. The molecule has 12 heteroatoms. The lowest BCUT2D eigenvalue weighted by Gasteiger charge is -2.34. The van der Waals surface area contributed by atoms with Crippen LogP contribution in [0, 0.1) is 0 Å². The van der Waals surface area contributed by atoms with Crippen LogP contribution < -0.4 is 29.4 Å². The number of rotatable bonds is 10. The number of anilines is 1. The van der Waals surface area contributed by atoms with E-state index >= 15 is 0 Å². The largest absolute Gasteiger partial charge is 0.497 e. The Bertz CT molecular complexity index is 2200. The summed E-state index contributed by atoms with van der Waals surface area (Å²) in [5, 5.41) is 0. The number of benzene rings is 4. The van der Waals surface area contributed by atoms with Gasteiger partial charge in [0.15, 0.2) is 23.0 Å². The Morgan fingerprint density at radius 3 is 1.98 bits per heavy atom. The van der Waals surface area contributed by atoms with Crippen molar-refractivity contribution < 1.29 is 33.3 Å². The smallest absolute Gasteiger partial charge is 0.260 e. The lowest BCUT2D eigenvalue weighted by molar-refractivity contribution is 0.0702. The van der Waals surface area contributed by atoms with Crippen molar-refractivity contribution in [3.05, 3.63) is 101 Å². The van der Waals surface area contributed by atoms with E-state index in [9.17, 15) is 9.59 Å². The Labute approximate surface area is 307 Å². The number of amides is 2. The maximum absolute atomic E-state index is 13.8. The number of fused-ring (bicyclic) bond motifs is 5. The van der Waals surface area contributed by atoms with Crippen molar-refractivity contribution >= 4 is 46.9 Å². The fourth-order valence-electron chi connectivity index (χ4n) is 7.18. The highest BCUT2D eigenvalue weighted by Gasteiger charge is 2.35. The van der Waals surface area contributed by atoms with Gasteiger partial charge in [-0.1, -0.05) is 18.2 Å². The third-order valence-electron chi connectivity index (χ3n) is 10.0. The van der Waals surface area contributed by atoms with Crippen molar-refractivity contribution in [1.29, 1.82) is 0 Å². The second-order valence-electron chi connectivity index (χ2n) is 13.2. The van der Waals surface area contributed by atoms with Crippen LogP contribution in [0.4, 0.5) is 17.1 Å². The number of nitrogen functional groups attached to an aromatic ring is 1. The molecule has 1 unspecified atom stereocenters. The fraction of sp³-hybridized carbons (Fsp3) is 0.268. The van der Waals surface area contributed by atoms with Gasteiger partial charge < -0.3 is 39.2 Å². The van der Waals surface area contributed by atoms with Crippen LogP contribution in [-0.2, 0) is 13.0 Å². The number of nitrogens with two attached hydrogens (primary N) is 1. The summed E-state index contributed by atoms with van der Waals surface area (Å²) in [5.41, 5.74) is 12.8. The third kappa shape index (κ3) is 6.41.